The monoisotopic (exact) mass is 431 g/mol. The minimum absolute atomic E-state index is 0.145. The lowest BCUT2D eigenvalue weighted by molar-refractivity contribution is -0.144. The van der Waals surface area contributed by atoms with Gasteiger partial charge in [-0.05, 0) is 28.5 Å². The van der Waals surface area contributed by atoms with Crippen molar-refractivity contribution in [1.29, 1.82) is 0 Å². The van der Waals surface area contributed by atoms with Crippen molar-refractivity contribution >= 4 is 45.8 Å². The second kappa shape index (κ2) is 8.25. The molecule has 0 saturated carbocycles. The maximum atomic E-state index is 12.3. The second-order valence-corrected chi connectivity index (χ2v) is 8.95. The van der Waals surface area contributed by atoms with E-state index in [9.17, 15) is 9.90 Å². The van der Waals surface area contributed by atoms with Gasteiger partial charge in [0, 0.05) is 6.42 Å². The average molecular weight is 432 g/mol. The molecule has 26 heavy (non-hydrogen) atoms. The molecular weight excluding hydrogens is 410 g/mol. The van der Waals surface area contributed by atoms with Gasteiger partial charge in [0.1, 0.15) is 5.54 Å². The van der Waals surface area contributed by atoms with Crippen molar-refractivity contribution in [2.75, 3.05) is 6.26 Å². The standard InChI is InChI=1S/C21H22BrNO2S/c1-4-15-10-6-8-12-17(15)20(23,19(24)25)14-21(22,26-3)18-13-9-7-11-16(18)5-2/h4-13H,1-2,14,23H2,3H3,(H,24,25). The average Bonchev–Trinajstić information content (AvgIpc) is 2.67. The summed E-state index contributed by atoms with van der Waals surface area (Å²) in [6.45, 7) is 7.65. The van der Waals surface area contributed by atoms with Gasteiger partial charge >= 0.3 is 5.97 Å². The molecule has 5 heteroatoms. The van der Waals surface area contributed by atoms with Crippen molar-refractivity contribution in [3.63, 3.8) is 0 Å². The minimum Gasteiger partial charge on any atom is -0.480 e. The Morgan fingerprint density at radius 1 is 1.12 bits per heavy atom. The van der Waals surface area contributed by atoms with Crippen molar-refractivity contribution in [2.24, 2.45) is 5.73 Å². The van der Waals surface area contributed by atoms with Crippen LogP contribution < -0.4 is 5.73 Å². The summed E-state index contributed by atoms with van der Waals surface area (Å²) < 4.78 is -0.695. The van der Waals surface area contributed by atoms with Gasteiger partial charge < -0.3 is 10.8 Å². The van der Waals surface area contributed by atoms with Gasteiger partial charge in [-0.2, -0.15) is 0 Å². The molecule has 0 saturated heterocycles. The molecule has 0 aliphatic carbocycles. The van der Waals surface area contributed by atoms with Gasteiger partial charge in [-0.1, -0.05) is 89.8 Å². The first kappa shape index (κ1) is 20.5. The van der Waals surface area contributed by atoms with Gasteiger partial charge in [-0.25, -0.2) is 4.79 Å². The van der Waals surface area contributed by atoms with E-state index < -0.39 is 15.2 Å². The lowest BCUT2D eigenvalue weighted by atomic mass is 9.81. The summed E-state index contributed by atoms with van der Waals surface area (Å²) in [7, 11) is 0. The van der Waals surface area contributed by atoms with Crippen LogP contribution in [0.2, 0.25) is 0 Å². The number of carboxylic acid groups (broad SMARTS) is 1. The highest BCUT2D eigenvalue weighted by atomic mass is 79.9. The van der Waals surface area contributed by atoms with Crippen molar-refractivity contribution < 1.29 is 9.90 Å². The second-order valence-electron chi connectivity index (χ2n) is 5.97. The molecule has 3 N–H and O–H groups in total. The fraction of sp³-hybridized carbons (Fsp3) is 0.190. The van der Waals surface area contributed by atoms with Crippen molar-refractivity contribution in [3.8, 4) is 0 Å². The van der Waals surface area contributed by atoms with Gasteiger partial charge in [0.05, 0.1) is 3.66 Å². The third kappa shape index (κ3) is 3.80. The Labute approximate surface area is 167 Å². The maximum absolute atomic E-state index is 12.3. The Bertz CT molecular complexity index is 838. The van der Waals surface area contributed by atoms with Crippen LogP contribution in [0.15, 0.2) is 61.7 Å². The van der Waals surface area contributed by atoms with E-state index in [1.54, 1.807) is 24.3 Å². The van der Waals surface area contributed by atoms with Gasteiger partial charge in [0.15, 0.2) is 0 Å². The van der Waals surface area contributed by atoms with Gasteiger partial charge in [0.25, 0.3) is 0 Å². The Hall–Kier alpha value is -1.82. The summed E-state index contributed by atoms with van der Waals surface area (Å²) in [6.07, 6.45) is 5.47. The van der Waals surface area contributed by atoms with Crippen LogP contribution in [0.5, 0.6) is 0 Å². The number of hydrogen-bond acceptors (Lipinski definition) is 3. The zero-order chi connectivity index (χ0) is 19.4. The van der Waals surface area contributed by atoms with Gasteiger partial charge in [-0.15, -0.1) is 11.8 Å². The third-order valence-corrected chi connectivity index (χ3v) is 7.15. The van der Waals surface area contributed by atoms with Crippen LogP contribution in [-0.4, -0.2) is 17.3 Å². The van der Waals surface area contributed by atoms with E-state index in [4.69, 9.17) is 5.73 Å². The SMILES string of the molecule is C=Cc1ccccc1C(Br)(CC(N)(C(=O)O)c1ccccc1C=C)SC. The van der Waals surface area contributed by atoms with Crippen LogP contribution in [0.25, 0.3) is 12.2 Å². The van der Waals surface area contributed by atoms with E-state index in [0.717, 1.165) is 11.1 Å². The molecule has 0 aromatic heterocycles. The number of carboxylic acids is 1. The lowest BCUT2D eigenvalue weighted by Gasteiger charge is -2.36. The van der Waals surface area contributed by atoms with Crippen molar-refractivity contribution in [3.05, 3.63) is 83.9 Å². The molecule has 0 heterocycles. The summed E-state index contributed by atoms with van der Waals surface area (Å²) in [5.74, 6) is -1.08. The highest BCUT2D eigenvalue weighted by molar-refractivity contribution is 9.11. The Morgan fingerprint density at radius 3 is 2.04 bits per heavy atom. The summed E-state index contributed by atoms with van der Waals surface area (Å²) in [4.78, 5) is 12.3. The highest BCUT2D eigenvalue weighted by Crippen LogP contribution is 2.50. The van der Waals surface area contributed by atoms with Gasteiger partial charge in [-0.3, -0.25) is 0 Å². The molecule has 0 fully saturated rings. The van der Waals surface area contributed by atoms with E-state index in [1.807, 2.05) is 42.7 Å². The molecular formula is C21H22BrNO2S. The van der Waals surface area contributed by atoms with E-state index in [-0.39, 0.29) is 6.42 Å². The third-order valence-electron chi connectivity index (χ3n) is 4.46. The molecule has 2 rings (SSSR count). The van der Waals surface area contributed by atoms with E-state index in [2.05, 4.69) is 29.1 Å². The van der Waals surface area contributed by atoms with Crippen LogP contribution >= 0.6 is 27.7 Å². The van der Waals surface area contributed by atoms with Crippen LogP contribution in [0, 0.1) is 0 Å². The molecule has 2 aromatic rings. The molecule has 0 amide bonds. The number of hydrogen-bond donors (Lipinski definition) is 2. The van der Waals surface area contributed by atoms with Crippen LogP contribution in [0.1, 0.15) is 28.7 Å². The number of aliphatic carboxylic acids is 1. The summed E-state index contributed by atoms with van der Waals surface area (Å²) in [5, 5.41) is 10.0. The van der Waals surface area contributed by atoms with Crippen LogP contribution in [-0.2, 0) is 14.0 Å². The normalized spacial score (nSPS) is 15.5. The summed E-state index contributed by atoms with van der Waals surface area (Å²) in [6, 6.07) is 15.0. The summed E-state index contributed by atoms with van der Waals surface area (Å²) in [5.41, 5.74) is 8.05. The zero-order valence-corrected chi connectivity index (χ0v) is 17.0. The Balaban J connectivity index is 2.62. The number of benzene rings is 2. The molecule has 136 valence electrons. The largest absolute Gasteiger partial charge is 0.480 e. The number of thioether (sulfide) groups is 1. The van der Waals surface area contributed by atoms with E-state index in [0.29, 0.717) is 11.1 Å². The topological polar surface area (TPSA) is 63.3 Å². The van der Waals surface area contributed by atoms with E-state index in [1.165, 1.54) is 11.8 Å². The number of alkyl halides is 1. The maximum Gasteiger partial charge on any atom is 0.328 e. The number of carbonyl (C=O) groups is 1. The number of nitrogens with two attached hydrogens (primary N) is 1. The molecule has 0 aliphatic heterocycles. The first-order valence-electron chi connectivity index (χ1n) is 8.02. The molecule has 0 radical (unpaired) electrons. The molecule has 0 aliphatic rings. The fourth-order valence-corrected chi connectivity index (χ4v) is 4.60. The number of rotatable bonds is 8. The summed E-state index contributed by atoms with van der Waals surface area (Å²) >= 11 is 5.29. The Kier molecular flexibility index (Phi) is 6.50. The predicted molar refractivity (Wildman–Crippen MR) is 115 cm³/mol. The van der Waals surface area contributed by atoms with E-state index >= 15 is 0 Å². The molecule has 3 nitrogen and oxygen atoms in total. The lowest BCUT2D eigenvalue weighted by Crippen LogP contribution is -2.48. The molecule has 0 spiro atoms. The Morgan fingerprint density at radius 2 is 1.58 bits per heavy atom. The zero-order valence-electron chi connectivity index (χ0n) is 14.6. The predicted octanol–water partition coefficient (Wildman–Crippen LogP) is 5.21. The van der Waals surface area contributed by atoms with Crippen molar-refractivity contribution in [1.82, 2.24) is 0 Å². The van der Waals surface area contributed by atoms with Crippen LogP contribution in [0.4, 0.5) is 0 Å². The quantitative estimate of drug-likeness (QED) is 0.562. The molecule has 0 bridgehead atoms. The highest BCUT2D eigenvalue weighted by Gasteiger charge is 2.46. The first-order chi connectivity index (χ1) is 12.3. The van der Waals surface area contributed by atoms with Crippen molar-refractivity contribution in [2.45, 2.75) is 15.6 Å². The van der Waals surface area contributed by atoms with Crippen LogP contribution in [0.3, 0.4) is 0 Å². The number of halogens is 1. The fourth-order valence-electron chi connectivity index (χ4n) is 3.02. The smallest absolute Gasteiger partial charge is 0.328 e. The minimum atomic E-state index is -1.59. The molecule has 2 atom stereocenters. The van der Waals surface area contributed by atoms with Gasteiger partial charge in [0.2, 0.25) is 0 Å². The molecule has 2 unspecified atom stereocenters. The first-order valence-corrected chi connectivity index (χ1v) is 10.0. The molecule has 2 aromatic carbocycles.